The van der Waals surface area contributed by atoms with Crippen LogP contribution in [0.15, 0.2) is 5.29 Å². The summed E-state index contributed by atoms with van der Waals surface area (Å²) in [5, 5.41) is 13.8. The van der Waals surface area contributed by atoms with Gasteiger partial charge in [0.05, 0.1) is 5.29 Å². The fourth-order valence-corrected chi connectivity index (χ4v) is 5.02. The van der Waals surface area contributed by atoms with Gasteiger partial charge in [-0.05, 0) is 53.4 Å². The minimum atomic E-state index is -0.833. The van der Waals surface area contributed by atoms with Crippen LogP contribution in [0.1, 0.15) is 48.5 Å². The largest absolute Gasteiger partial charge is 0.481 e. The van der Waals surface area contributed by atoms with Crippen LogP contribution in [-0.2, 0) is 33.7 Å². The van der Waals surface area contributed by atoms with Crippen molar-refractivity contribution >= 4 is 18.2 Å². The van der Waals surface area contributed by atoms with Crippen molar-refractivity contribution in [2.45, 2.75) is 59.7 Å². The van der Waals surface area contributed by atoms with Crippen LogP contribution < -0.4 is 5.84 Å². The minimum absolute atomic E-state index is 0. The van der Waals surface area contributed by atoms with Gasteiger partial charge in [-0.25, -0.2) is 14.6 Å². The predicted octanol–water partition coefficient (Wildman–Crippen LogP) is 2.21. The number of nitrogens with two attached hydrogens (primary N) is 1. The number of nitrogens with zero attached hydrogens (tertiary/aromatic N) is 5. The molecule has 0 radical (unpaired) electrons. The molecule has 4 rings (SSSR count). The number of hydrazine groups is 1. The summed E-state index contributed by atoms with van der Waals surface area (Å²) in [4.78, 5) is 46.6. The second-order valence-corrected chi connectivity index (χ2v) is 12.2. The molecule has 4 aliphatic rings. The Morgan fingerprint density at radius 1 is 0.737 bits per heavy atom. The Morgan fingerprint density at radius 3 is 1.29 bits per heavy atom. The number of fused-ring (bicyclic) bond motifs is 2. The molecule has 4 unspecified atom stereocenters. The second-order valence-electron chi connectivity index (χ2n) is 12.2. The Bertz CT molecular complexity index is 802. The first-order valence-electron chi connectivity index (χ1n) is 12.7. The molecule has 0 aromatic rings. The zero-order chi connectivity index (χ0) is 28.1. The van der Waals surface area contributed by atoms with E-state index in [1.54, 1.807) is 9.91 Å². The Labute approximate surface area is 238 Å². The number of ether oxygens (including phenoxy) is 2. The molecule has 4 heterocycles. The van der Waals surface area contributed by atoms with Crippen molar-refractivity contribution in [1.82, 2.24) is 19.8 Å². The molecule has 0 aromatic heterocycles. The number of carbonyl (C=O) groups excluding carboxylic acids is 2. The molecule has 214 valence electrons. The molecule has 0 bridgehead atoms. The van der Waals surface area contributed by atoms with Crippen molar-refractivity contribution in [3.63, 3.8) is 0 Å². The number of carbonyl (C=O) groups is 3. The average Bonchev–Trinajstić information content (AvgIpc) is 3.43. The molecule has 0 aromatic carbocycles. The maximum atomic E-state index is 11.8. The van der Waals surface area contributed by atoms with Crippen LogP contribution in [-0.4, -0.2) is 107 Å². The van der Waals surface area contributed by atoms with Gasteiger partial charge >= 0.3 is 12.2 Å². The Balaban J connectivity index is 0.000000326. The summed E-state index contributed by atoms with van der Waals surface area (Å²) in [5.41, 5.74) is -0.861. The van der Waals surface area contributed by atoms with Crippen LogP contribution >= 0.6 is 0 Å². The number of rotatable bonds is 1. The summed E-state index contributed by atoms with van der Waals surface area (Å²) in [7, 11) is 0. The summed E-state index contributed by atoms with van der Waals surface area (Å²) in [6.45, 7) is 18.4. The standard InChI is InChI=1S/C11H19N3O3.C11H21N3O2.C2H4O2.Zn/c1-11(2,3)17-10(15)13-4-8-6-14(12-16)7-9(8)5-13;1-11(2,3)16-10(15)13-4-8-6-14(12)7-9(8)5-13;1-2(3)4;/h8-9H,4-7H2,1-3H3;8-9H,4-7,12H2,1-3H3;1H3,(H,3,4);. The second kappa shape index (κ2) is 13.8. The molecule has 4 fully saturated rings. The first-order valence-corrected chi connectivity index (χ1v) is 12.7. The zero-order valence-corrected chi connectivity index (χ0v) is 26.9. The van der Waals surface area contributed by atoms with Gasteiger partial charge in [-0.15, -0.1) is 4.91 Å². The van der Waals surface area contributed by atoms with Crippen LogP contribution in [0.4, 0.5) is 9.59 Å². The van der Waals surface area contributed by atoms with Gasteiger partial charge in [-0.2, -0.15) is 0 Å². The number of hydrogen-bond donors (Lipinski definition) is 2. The van der Waals surface area contributed by atoms with E-state index in [9.17, 15) is 14.5 Å². The number of carboxylic acids is 1. The van der Waals surface area contributed by atoms with Gasteiger partial charge < -0.3 is 24.4 Å². The molecule has 13 nitrogen and oxygen atoms in total. The predicted molar refractivity (Wildman–Crippen MR) is 136 cm³/mol. The summed E-state index contributed by atoms with van der Waals surface area (Å²) in [6, 6.07) is 0. The van der Waals surface area contributed by atoms with E-state index < -0.39 is 17.2 Å². The number of nitroso groups, excluding NO2 is 1. The molecular weight excluding hydrogens is 550 g/mol. The number of carboxylic acid groups (broad SMARTS) is 1. The molecule has 38 heavy (non-hydrogen) atoms. The van der Waals surface area contributed by atoms with Gasteiger partial charge in [0.2, 0.25) is 0 Å². The van der Waals surface area contributed by atoms with Crippen LogP contribution in [0.25, 0.3) is 0 Å². The van der Waals surface area contributed by atoms with E-state index in [-0.39, 0.29) is 31.7 Å². The van der Waals surface area contributed by atoms with Gasteiger partial charge in [0.1, 0.15) is 11.2 Å². The molecular formula is C24H44N6O7Zn. The van der Waals surface area contributed by atoms with Crippen molar-refractivity contribution in [3.05, 3.63) is 4.91 Å². The first-order chi connectivity index (χ1) is 17.0. The Kier molecular flexibility index (Phi) is 12.4. The summed E-state index contributed by atoms with van der Waals surface area (Å²) >= 11 is 0. The average molecular weight is 594 g/mol. The first kappa shape index (κ1) is 34.0. The van der Waals surface area contributed by atoms with Gasteiger partial charge in [-0.3, -0.25) is 15.6 Å². The third-order valence-electron chi connectivity index (χ3n) is 6.40. The van der Waals surface area contributed by atoms with Gasteiger partial charge in [-0.1, -0.05) is 0 Å². The molecule has 4 aliphatic heterocycles. The van der Waals surface area contributed by atoms with E-state index in [1.165, 1.54) is 0 Å². The number of hydrogen-bond acceptors (Lipinski definition) is 9. The minimum Gasteiger partial charge on any atom is -0.481 e. The van der Waals surface area contributed by atoms with Gasteiger partial charge in [0.25, 0.3) is 5.97 Å². The van der Waals surface area contributed by atoms with Crippen molar-refractivity contribution in [2.24, 2.45) is 34.8 Å². The molecule has 0 saturated carbocycles. The van der Waals surface area contributed by atoms with Crippen LogP contribution in [0, 0.1) is 28.6 Å². The van der Waals surface area contributed by atoms with Gasteiger partial charge in [0.15, 0.2) is 0 Å². The number of likely N-dealkylation sites (tertiary alicyclic amines) is 2. The zero-order valence-electron chi connectivity index (χ0n) is 23.9. The Morgan fingerprint density at radius 2 is 1.03 bits per heavy atom. The number of amides is 2. The summed E-state index contributed by atoms with van der Waals surface area (Å²) < 4.78 is 10.7. The summed E-state index contributed by atoms with van der Waals surface area (Å²) in [6.07, 6.45) is -0.442. The van der Waals surface area contributed by atoms with Crippen molar-refractivity contribution < 1.29 is 48.4 Å². The molecule has 4 saturated heterocycles. The van der Waals surface area contributed by atoms with Crippen molar-refractivity contribution in [1.29, 1.82) is 0 Å². The molecule has 0 spiro atoms. The van der Waals surface area contributed by atoms with E-state index in [2.05, 4.69) is 5.29 Å². The van der Waals surface area contributed by atoms with E-state index in [0.29, 0.717) is 49.9 Å². The maximum Gasteiger partial charge on any atom is 0.410 e. The summed E-state index contributed by atoms with van der Waals surface area (Å²) in [5.74, 6) is 6.69. The monoisotopic (exact) mass is 592 g/mol. The van der Waals surface area contributed by atoms with E-state index >= 15 is 0 Å². The van der Waals surface area contributed by atoms with E-state index in [4.69, 9.17) is 25.2 Å². The fraction of sp³-hybridized carbons (Fsp3) is 0.875. The fourth-order valence-electron chi connectivity index (χ4n) is 5.02. The van der Waals surface area contributed by atoms with Crippen LogP contribution in [0.3, 0.4) is 0 Å². The topological polar surface area (TPSA) is 158 Å². The van der Waals surface area contributed by atoms with Gasteiger partial charge in [0, 0.05) is 90.6 Å². The number of aliphatic carboxylic acids is 1. The maximum absolute atomic E-state index is 11.8. The van der Waals surface area contributed by atoms with E-state index in [0.717, 1.165) is 33.1 Å². The quantitative estimate of drug-likeness (QED) is 0.262. The third-order valence-corrected chi connectivity index (χ3v) is 6.40. The van der Waals surface area contributed by atoms with Crippen molar-refractivity contribution in [3.8, 4) is 0 Å². The molecule has 3 N–H and O–H groups in total. The molecule has 0 aliphatic carbocycles. The normalized spacial score (nSPS) is 26.2. The van der Waals surface area contributed by atoms with Crippen molar-refractivity contribution in [2.75, 3.05) is 52.4 Å². The molecule has 4 atom stereocenters. The third kappa shape index (κ3) is 11.0. The van der Waals surface area contributed by atoms with Crippen LogP contribution in [0.5, 0.6) is 0 Å². The molecule has 14 heteroatoms. The SMILES string of the molecule is CC(=O)O.CC(C)(C)OC(=O)N1CC2CN(N)CC2C1.CC(C)(C)OC(=O)N1CC2CN(N=O)CC2C1.[Zn]. The van der Waals surface area contributed by atoms with Crippen LogP contribution in [0.2, 0.25) is 0 Å². The Hall–Kier alpha value is -2.05. The smallest absolute Gasteiger partial charge is 0.410 e. The molecule has 2 amide bonds. The van der Waals surface area contributed by atoms with E-state index in [1.807, 2.05) is 51.5 Å².